The molecule has 0 saturated heterocycles. The number of carbonyl (C=O) groups is 1. The molecule has 9 nitrogen and oxygen atoms in total. The number of hydrogen-bond acceptors (Lipinski definition) is 8. The van der Waals surface area contributed by atoms with E-state index in [1.54, 1.807) is 18.2 Å². The number of aryl methyl sites for hydroxylation is 1. The molecule has 2 heterocycles. The van der Waals surface area contributed by atoms with Crippen LogP contribution in [-0.4, -0.2) is 66.7 Å². The maximum atomic E-state index is 13.0. The average Bonchev–Trinajstić information content (AvgIpc) is 3.32. The molecule has 0 spiro atoms. The van der Waals surface area contributed by atoms with Crippen LogP contribution >= 0.6 is 11.8 Å². The Bertz CT molecular complexity index is 1310. The van der Waals surface area contributed by atoms with Gasteiger partial charge in [0.05, 0.1) is 25.9 Å². The molecule has 1 N–H and O–H groups in total. The summed E-state index contributed by atoms with van der Waals surface area (Å²) in [6.07, 6.45) is -3.37. The van der Waals surface area contributed by atoms with E-state index in [1.807, 2.05) is 31.2 Å². The lowest BCUT2D eigenvalue weighted by molar-refractivity contribution is -0.114. The van der Waals surface area contributed by atoms with Crippen molar-refractivity contribution in [2.45, 2.75) is 13.1 Å². The van der Waals surface area contributed by atoms with Crippen molar-refractivity contribution in [3.63, 3.8) is 0 Å². The highest BCUT2D eigenvalue weighted by atomic mass is 32.2. The number of methoxy groups -OCH3 is 1. The highest BCUT2D eigenvalue weighted by molar-refractivity contribution is 8.27. The molecule has 2 aliphatic rings. The van der Waals surface area contributed by atoms with Gasteiger partial charge in [-0.3, -0.25) is 10.2 Å². The zero-order valence-corrected chi connectivity index (χ0v) is 21.2. The van der Waals surface area contributed by atoms with Crippen molar-refractivity contribution in [3.8, 4) is 17.2 Å². The molecule has 2 aliphatic heterocycles. The van der Waals surface area contributed by atoms with E-state index in [-0.39, 0.29) is 29.1 Å². The molecule has 4 rings (SSSR count). The third-order valence-corrected chi connectivity index (χ3v) is 6.15. The number of hydrogen-bond donors (Lipinski definition) is 1. The Morgan fingerprint density at radius 3 is 2.42 bits per heavy atom. The minimum atomic E-state index is -4.71. The lowest BCUT2D eigenvalue weighted by Crippen LogP contribution is -2.35. The number of alkyl halides is 3. The van der Waals surface area contributed by atoms with Crippen LogP contribution in [0.4, 0.5) is 13.2 Å². The Morgan fingerprint density at radius 2 is 1.74 bits per heavy atom. The summed E-state index contributed by atoms with van der Waals surface area (Å²) in [5.41, 5.74) is 1.40. The van der Waals surface area contributed by atoms with Gasteiger partial charge in [-0.1, -0.05) is 23.8 Å². The fourth-order valence-electron chi connectivity index (χ4n) is 3.33. The minimum absolute atomic E-state index is 0.197. The number of carbonyl (C=O) groups excluding carboxylic acids is 1. The molecule has 0 aromatic heterocycles. The number of rotatable bonds is 10. The van der Waals surface area contributed by atoms with E-state index in [0.29, 0.717) is 41.9 Å². The van der Waals surface area contributed by atoms with Gasteiger partial charge in [-0.15, -0.1) is 0 Å². The molecule has 0 aliphatic carbocycles. The van der Waals surface area contributed by atoms with Crippen molar-refractivity contribution in [3.05, 3.63) is 59.2 Å². The van der Waals surface area contributed by atoms with E-state index >= 15 is 0 Å². The number of hydrazone groups is 1. The third kappa shape index (κ3) is 6.53. The van der Waals surface area contributed by atoms with Crippen LogP contribution in [0.5, 0.6) is 17.2 Å². The fraction of sp³-hybridized carbons (Fsp3) is 0.280. The number of amides is 1. The van der Waals surface area contributed by atoms with E-state index in [1.165, 1.54) is 13.2 Å². The Kier molecular flexibility index (Phi) is 8.37. The number of amidine groups is 2. The number of benzene rings is 2. The predicted molar refractivity (Wildman–Crippen MR) is 137 cm³/mol. The monoisotopic (exact) mass is 548 g/mol. The molecule has 0 fully saturated rings. The van der Waals surface area contributed by atoms with Gasteiger partial charge in [0.2, 0.25) is 10.2 Å². The van der Waals surface area contributed by atoms with E-state index in [0.717, 1.165) is 11.3 Å². The van der Waals surface area contributed by atoms with E-state index < -0.39 is 23.0 Å². The molecule has 0 radical (unpaired) electrons. The molecular formula is C25H23F3N4O5S. The fourth-order valence-corrected chi connectivity index (χ4v) is 4.09. The van der Waals surface area contributed by atoms with Gasteiger partial charge in [-0.25, -0.2) is 0 Å². The minimum Gasteiger partial charge on any atom is -0.493 e. The molecular weight excluding hydrogens is 525 g/mol. The summed E-state index contributed by atoms with van der Waals surface area (Å²) in [6.45, 7) is 3.34. The van der Waals surface area contributed by atoms with Crippen LogP contribution < -0.4 is 14.2 Å². The van der Waals surface area contributed by atoms with Crippen LogP contribution in [0.25, 0.3) is 6.08 Å². The first-order valence-corrected chi connectivity index (χ1v) is 12.1. The van der Waals surface area contributed by atoms with Crippen molar-refractivity contribution < 1.29 is 36.9 Å². The summed E-state index contributed by atoms with van der Waals surface area (Å²) in [7, 11) is 1.44. The highest BCUT2D eigenvalue weighted by Gasteiger charge is 2.46. The highest BCUT2D eigenvalue weighted by Crippen LogP contribution is 2.36. The summed E-state index contributed by atoms with van der Waals surface area (Å²) < 4.78 is 61.2. The number of nitrogens with zero attached hydrogens (tertiary/aromatic N) is 3. The van der Waals surface area contributed by atoms with Crippen molar-refractivity contribution in [2.24, 2.45) is 10.1 Å². The lowest BCUT2D eigenvalue weighted by atomic mass is 10.1. The number of ether oxygens (including phenoxy) is 4. The van der Waals surface area contributed by atoms with Gasteiger partial charge >= 0.3 is 6.18 Å². The molecule has 0 unspecified atom stereocenters. The smallest absolute Gasteiger partial charge is 0.441 e. The maximum Gasteiger partial charge on any atom is 0.441 e. The second-order valence-electron chi connectivity index (χ2n) is 7.96. The number of halogens is 3. The van der Waals surface area contributed by atoms with E-state index in [9.17, 15) is 18.0 Å². The predicted octanol–water partition coefficient (Wildman–Crippen LogP) is 4.66. The normalized spacial score (nSPS) is 16.3. The van der Waals surface area contributed by atoms with Crippen molar-refractivity contribution in [1.29, 1.82) is 5.41 Å². The number of aliphatic imine (C=N–C) groups is 1. The first kappa shape index (κ1) is 27.2. The molecule has 13 heteroatoms. The first-order chi connectivity index (χ1) is 18.2. The molecule has 0 bridgehead atoms. The van der Waals surface area contributed by atoms with Crippen molar-refractivity contribution >= 4 is 39.8 Å². The van der Waals surface area contributed by atoms with Crippen molar-refractivity contribution in [2.75, 3.05) is 33.5 Å². The third-order valence-electron chi connectivity index (χ3n) is 5.20. The molecule has 0 saturated carbocycles. The quantitative estimate of drug-likeness (QED) is 0.340. The van der Waals surface area contributed by atoms with Crippen molar-refractivity contribution in [1.82, 2.24) is 5.01 Å². The van der Waals surface area contributed by atoms with Gasteiger partial charge in [-0.05, 0) is 54.6 Å². The Morgan fingerprint density at radius 1 is 1.03 bits per heavy atom. The summed E-state index contributed by atoms with van der Waals surface area (Å²) in [5.74, 6) is 0.209. The van der Waals surface area contributed by atoms with Crippen LogP contribution in [0.2, 0.25) is 0 Å². The van der Waals surface area contributed by atoms with Gasteiger partial charge in [-0.2, -0.15) is 28.3 Å². The average molecular weight is 549 g/mol. The Hall–Kier alpha value is -3.84. The summed E-state index contributed by atoms with van der Waals surface area (Å²) in [6, 6.07) is 12.5. The molecule has 38 heavy (non-hydrogen) atoms. The zero-order valence-electron chi connectivity index (χ0n) is 20.4. The van der Waals surface area contributed by atoms with Gasteiger partial charge < -0.3 is 18.9 Å². The van der Waals surface area contributed by atoms with Crippen LogP contribution in [0.3, 0.4) is 0 Å². The Labute approximate surface area is 220 Å². The van der Waals surface area contributed by atoms with Crippen LogP contribution in [0, 0.1) is 12.3 Å². The molecule has 2 aromatic carbocycles. The number of thioether (sulfide) groups is 1. The van der Waals surface area contributed by atoms with Crippen LogP contribution in [-0.2, 0) is 9.53 Å². The molecule has 0 atom stereocenters. The number of nitrogens with one attached hydrogen (secondary N) is 1. The molecule has 2 aromatic rings. The van der Waals surface area contributed by atoms with E-state index in [4.69, 9.17) is 24.4 Å². The van der Waals surface area contributed by atoms with Gasteiger partial charge in [0.25, 0.3) is 5.91 Å². The SMILES string of the molecule is COc1cc(C=C2C(=N)N3N=C(C(F)(F)F)SC3=NC2=O)ccc1OCCOCCOc1ccc(C)cc1. The van der Waals surface area contributed by atoms with Gasteiger partial charge in [0.15, 0.2) is 17.3 Å². The standard InChI is InChI=1S/C25H23F3N4O5S/c1-15-3-6-17(7-4-15)36-11-9-35-10-12-37-19-8-5-16(14-20(19)34-2)13-18-21(29)32-24(30-22(18)33)38-23(31-32)25(26,27)28/h3-8,13-14,29H,9-12H2,1-2H3. The second-order valence-corrected chi connectivity index (χ2v) is 8.91. The summed E-state index contributed by atoms with van der Waals surface area (Å²) in [5, 5.41) is 10.8. The van der Waals surface area contributed by atoms with Crippen LogP contribution in [0.1, 0.15) is 11.1 Å². The molecule has 1 amide bonds. The zero-order chi connectivity index (χ0) is 27.3. The number of fused-ring (bicyclic) bond motifs is 1. The maximum absolute atomic E-state index is 13.0. The van der Waals surface area contributed by atoms with Crippen LogP contribution in [0.15, 0.2) is 58.1 Å². The van der Waals surface area contributed by atoms with Gasteiger partial charge in [0.1, 0.15) is 19.0 Å². The summed E-state index contributed by atoms with van der Waals surface area (Å²) >= 11 is 0.197. The lowest BCUT2D eigenvalue weighted by Gasteiger charge is -2.20. The second kappa shape index (κ2) is 11.7. The Balaban J connectivity index is 1.32. The summed E-state index contributed by atoms with van der Waals surface area (Å²) in [4.78, 5) is 16.1. The topological polar surface area (TPSA) is 106 Å². The largest absolute Gasteiger partial charge is 0.493 e. The van der Waals surface area contributed by atoms with E-state index in [2.05, 4.69) is 10.1 Å². The van der Waals surface area contributed by atoms with Gasteiger partial charge in [0, 0.05) is 0 Å². The first-order valence-electron chi connectivity index (χ1n) is 11.3. The molecule has 200 valence electrons.